The van der Waals surface area contributed by atoms with E-state index in [9.17, 15) is 9.59 Å². The zero-order valence-electron chi connectivity index (χ0n) is 9.84. The minimum atomic E-state index is -0.487. The second-order valence-electron chi connectivity index (χ2n) is 4.15. The van der Waals surface area contributed by atoms with E-state index in [1.54, 1.807) is 12.1 Å². The summed E-state index contributed by atoms with van der Waals surface area (Å²) in [6, 6.07) is 8.61. The van der Waals surface area contributed by atoms with Crippen molar-refractivity contribution in [1.82, 2.24) is 4.90 Å². The third kappa shape index (κ3) is 3.01. The van der Waals surface area contributed by atoms with Crippen molar-refractivity contribution in [2.75, 3.05) is 13.2 Å². The van der Waals surface area contributed by atoms with Crippen molar-refractivity contribution >= 4 is 22.8 Å². The van der Waals surface area contributed by atoms with Crippen LogP contribution in [-0.2, 0) is 9.59 Å². The number of carbonyl (C=O) groups excluding carboxylic acids is 2. The molecule has 4 nitrogen and oxygen atoms in total. The molecule has 1 amide bonds. The summed E-state index contributed by atoms with van der Waals surface area (Å²) in [5.74, 6) is 0.439. The van der Waals surface area contributed by atoms with Gasteiger partial charge in [-0.05, 0) is 36.6 Å². The fourth-order valence-electron chi connectivity index (χ4n) is 2.05. The summed E-state index contributed by atoms with van der Waals surface area (Å²) in [6.45, 7) is 0.505. The standard InChI is InChI=1S/C13H14ClNO3/c14-13(17)11-7-4-8-15(11)12(16)9-18-10-5-2-1-3-6-10/h1-3,5-6,11H,4,7-9H2. The lowest BCUT2D eigenvalue weighted by atomic mass is 10.2. The van der Waals surface area contributed by atoms with Gasteiger partial charge < -0.3 is 9.64 Å². The van der Waals surface area contributed by atoms with E-state index in [1.807, 2.05) is 18.2 Å². The fourth-order valence-corrected chi connectivity index (χ4v) is 2.27. The van der Waals surface area contributed by atoms with E-state index >= 15 is 0 Å². The molecule has 1 aliphatic heterocycles. The van der Waals surface area contributed by atoms with Gasteiger partial charge in [0.15, 0.2) is 6.61 Å². The fraction of sp³-hybridized carbons (Fsp3) is 0.385. The van der Waals surface area contributed by atoms with Crippen molar-refractivity contribution in [3.8, 4) is 5.75 Å². The summed E-state index contributed by atoms with van der Waals surface area (Å²) in [6.07, 6.45) is 1.44. The maximum atomic E-state index is 11.9. The van der Waals surface area contributed by atoms with Crippen LogP contribution in [0.3, 0.4) is 0 Å². The number of hydrogen-bond acceptors (Lipinski definition) is 3. The van der Waals surface area contributed by atoms with Crippen molar-refractivity contribution in [3.05, 3.63) is 30.3 Å². The number of ether oxygens (including phenoxy) is 1. The lowest BCUT2D eigenvalue weighted by Gasteiger charge is -2.21. The molecule has 18 heavy (non-hydrogen) atoms. The maximum Gasteiger partial charge on any atom is 0.261 e. The number of amides is 1. The number of rotatable bonds is 4. The summed E-state index contributed by atoms with van der Waals surface area (Å²) in [7, 11) is 0. The summed E-state index contributed by atoms with van der Waals surface area (Å²) >= 11 is 5.47. The number of carbonyl (C=O) groups is 2. The molecular formula is C13H14ClNO3. The van der Waals surface area contributed by atoms with Gasteiger partial charge in [-0.2, -0.15) is 0 Å². The van der Waals surface area contributed by atoms with Crippen LogP contribution in [0.2, 0.25) is 0 Å². The molecule has 1 aromatic rings. The van der Waals surface area contributed by atoms with Crippen LogP contribution in [0.25, 0.3) is 0 Å². The molecule has 96 valence electrons. The molecule has 5 heteroatoms. The zero-order chi connectivity index (χ0) is 13.0. The Balaban J connectivity index is 1.90. The van der Waals surface area contributed by atoms with Gasteiger partial charge in [-0.1, -0.05) is 18.2 Å². The molecule has 1 saturated heterocycles. The lowest BCUT2D eigenvalue weighted by Crippen LogP contribution is -2.41. The monoisotopic (exact) mass is 267 g/mol. The Morgan fingerprint density at radius 2 is 2.06 bits per heavy atom. The van der Waals surface area contributed by atoms with E-state index in [1.165, 1.54) is 4.90 Å². The van der Waals surface area contributed by atoms with Gasteiger partial charge in [0.05, 0.1) is 0 Å². The molecule has 1 heterocycles. The van der Waals surface area contributed by atoms with E-state index in [0.29, 0.717) is 18.7 Å². The van der Waals surface area contributed by atoms with Crippen molar-refractivity contribution in [3.63, 3.8) is 0 Å². The summed E-state index contributed by atoms with van der Waals surface area (Å²) in [4.78, 5) is 24.6. The topological polar surface area (TPSA) is 46.6 Å². The number of hydrogen-bond donors (Lipinski definition) is 0. The molecule has 0 bridgehead atoms. The first-order chi connectivity index (χ1) is 8.68. The number of likely N-dealkylation sites (tertiary alicyclic amines) is 1. The van der Waals surface area contributed by atoms with Gasteiger partial charge in [0.25, 0.3) is 5.91 Å². The van der Waals surface area contributed by atoms with Gasteiger partial charge in [0, 0.05) is 6.54 Å². The van der Waals surface area contributed by atoms with Gasteiger partial charge in [-0.3, -0.25) is 9.59 Å². The molecule has 1 atom stereocenters. The lowest BCUT2D eigenvalue weighted by molar-refractivity contribution is -0.137. The molecule has 0 N–H and O–H groups in total. The third-order valence-electron chi connectivity index (χ3n) is 2.94. The number of halogens is 1. The molecule has 0 aromatic heterocycles. The van der Waals surface area contributed by atoms with Crippen molar-refractivity contribution in [2.45, 2.75) is 18.9 Å². The normalized spacial score (nSPS) is 18.7. The third-order valence-corrected chi connectivity index (χ3v) is 3.19. The first-order valence-electron chi connectivity index (χ1n) is 5.85. The molecule has 0 radical (unpaired) electrons. The van der Waals surface area contributed by atoms with E-state index in [4.69, 9.17) is 16.3 Å². The second kappa shape index (κ2) is 5.87. The zero-order valence-corrected chi connectivity index (χ0v) is 10.6. The van der Waals surface area contributed by atoms with Gasteiger partial charge >= 0.3 is 0 Å². The van der Waals surface area contributed by atoms with Crippen molar-refractivity contribution in [2.24, 2.45) is 0 Å². The maximum absolute atomic E-state index is 11.9. The second-order valence-corrected chi connectivity index (χ2v) is 4.52. The van der Waals surface area contributed by atoms with Crippen LogP contribution in [0, 0.1) is 0 Å². The van der Waals surface area contributed by atoms with Crippen LogP contribution < -0.4 is 4.74 Å². The molecule has 2 rings (SSSR count). The van der Waals surface area contributed by atoms with Gasteiger partial charge in [0.2, 0.25) is 5.24 Å². The smallest absolute Gasteiger partial charge is 0.261 e. The highest BCUT2D eigenvalue weighted by molar-refractivity contribution is 6.64. The Morgan fingerprint density at radius 3 is 2.72 bits per heavy atom. The van der Waals surface area contributed by atoms with E-state index in [-0.39, 0.29) is 12.5 Å². The molecule has 0 saturated carbocycles. The molecule has 0 aliphatic carbocycles. The van der Waals surface area contributed by atoms with Crippen LogP contribution in [0.15, 0.2) is 30.3 Å². The number of benzene rings is 1. The molecular weight excluding hydrogens is 254 g/mol. The largest absolute Gasteiger partial charge is 0.484 e. The Hall–Kier alpha value is -1.55. The molecule has 1 aromatic carbocycles. The Kier molecular flexibility index (Phi) is 4.20. The number of para-hydroxylation sites is 1. The molecule has 1 fully saturated rings. The summed E-state index contributed by atoms with van der Waals surface area (Å²) < 4.78 is 5.36. The van der Waals surface area contributed by atoms with Crippen molar-refractivity contribution < 1.29 is 14.3 Å². The van der Waals surface area contributed by atoms with Crippen LogP contribution in [0.4, 0.5) is 0 Å². The predicted octanol–water partition coefficient (Wildman–Crippen LogP) is 1.82. The summed E-state index contributed by atoms with van der Waals surface area (Å²) in [5, 5.41) is -0.472. The Bertz CT molecular complexity index is 435. The van der Waals surface area contributed by atoms with Crippen LogP contribution in [0.5, 0.6) is 5.75 Å². The average Bonchev–Trinajstić information content (AvgIpc) is 2.86. The average molecular weight is 268 g/mol. The highest BCUT2D eigenvalue weighted by atomic mass is 35.5. The highest BCUT2D eigenvalue weighted by Crippen LogP contribution is 2.19. The van der Waals surface area contributed by atoms with Gasteiger partial charge in [-0.25, -0.2) is 0 Å². The molecule has 1 aliphatic rings. The number of nitrogens with zero attached hydrogens (tertiary/aromatic N) is 1. The highest BCUT2D eigenvalue weighted by Gasteiger charge is 2.33. The van der Waals surface area contributed by atoms with E-state index in [2.05, 4.69) is 0 Å². The van der Waals surface area contributed by atoms with Gasteiger partial charge in [-0.15, -0.1) is 0 Å². The Morgan fingerprint density at radius 1 is 1.33 bits per heavy atom. The van der Waals surface area contributed by atoms with Gasteiger partial charge in [0.1, 0.15) is 11.8 Å². The summed E-state index contributed by atoms with van der Waals surface area (Å²) in [5.41, 5.74) is 0. The van der Waals surface area contributed by atoms with Crippen molar-refractivity contribution in [1.29, 1.82) is 0 Å². The van der Waals surface area contributed by atoms with Crippen LogP contribution in [0.1, 0.15) is 12.8 Å². The molecule has 1 unspecified atom stereocenters. The predicted molar refractivity (Wildman–Crippen MR) is 67.5 cm³/mol. The quantitative estimate of drug-likeness (QED) is 0.782. The molecule has 0 spiro atoms. The first kappa shape index (κ1) is 12.9. The Labute approximate surface area is 110 Å². The van der Waals surface area contributed by atoms with Crippen LogP contribution >= 0.6 is 11.6 Å². The van der Waals surface area contributed by atoms with E-state index in [0.717, 1.165) is 6.42 Å². The SMILES string of the molecule is O=C(Cl)C1CCCN1C(=O)COc1ccccc1. The van der Waals surface area contributed by atoms with Crippen LogP contribution in [-0.4, -0.2) is 35.2 Å². The minimum Gasteiger partial charge on any atom is -0.484 e. The first-order valence-corrected chi connectivity index (χ1v) is 6.23. The van der Waals surface area contributed by atoms with E-state index < -0.39 is 11.3 Å². The minimum absolute atomic E-state index is 0.0648.